The van der Waals surface area contributed by atoms with Crippen LogP contribution in [-0.2, 0) is 4.79 Å². The van der Waals surface area contributed by atoms with Crippen molar-refractivity contribution in [1.29, 1.82) is 0 Å². The molecule has 0 spiro atoms. The van der Waals surface area contributed by atoms with E-state index in [4.69, 9.17) is 9.84 Å². The van der Waals surface area contributed by atoms with Crippen molar-refractivity contribution in [2.45, 2.75) is 39.8 Å². The van der Waals surface area contributed by atoms with Crippen LogP contribution in [0.4, 0.5) is 0 Å². The van der Waals surface area contributed by atoms with Crippen molar-refractivity contribution >= 4 is 27.8 Å². The third kappa shape index (κ3) is 5.04. The molecule has 0 radical (unpaired) electrons. The van der Waals surface area contributed by atoms with Gasteiger partial charge in [0.25, 0.3) is 5.91 Å². The number of rotatable bonds is 6. The minimum atomic E-state index is -0.947. The normalized spacial score (nSPS) is 13.6. The number of hydrogen-bond acceptors (Lipinski definition) is 3. The average molecular weight is 358 g/mol. The second-order valence-electron chi connectivity index (χ2n) is 5.20. The Bertz CT molecular complexity index is 530. The zero-order valence-corrected chi connectivity index (χ0v) is 14.1. The lowest BCUT2D eigenvalue weighted by Gasteiger charge is -2.19. The Morgan fingerprint density at radius 2 is 1.86 bits per heavy atom. The largest absolute Gasteiger partial charge is 0.490 e. The van der Waals surface area contributed by atoms with Crippen LogP contribution < -0.4 is 10.1 Å². The molecule has 0 aliphatic carbocycles. The van der Waals surface area contributed by atoms with E-state index >= 15 is 0 Å². The van der Waals surface area contributed by atoms with E-state index in [-0.39, 0.29) is 12.0 Å². The SMILES string of the molecule is CC(C)Oc1cc(Br)ccc1C(=O)NC(C)C(C)C(=O)O. The first-order chi connectivity index (χ1) is 9.72. The zero-order valence-electron chi connectivity index (χ0n) is 12.5. The van der Waals surface area contributed by atoms with Gasteiger partial charge < -0.3 is 15.2 Å². The molecule has 21 heavy (non-hydrogen) atoms. The van der Waals surface area contributed by atoms with Crippen molar-refractivity contribution in [2.75, 3.05) is 0 Å². The number of aliphatic carboxylic acids is 1. The predicted octanol–water partition coefficient (Wildman–Crippen LogP) is 3.08. The highest BCUT2D eigenvalue weighted by Crippen LogP contribution is 2.25. The summed E-state index contributed by atoms with van der Waals surface area (Å²) in [5.74, 6) is -1.50. The number of amides is 1. The maximum atomic E-state index is 12.3. The van der Waals surface area contributed by atoms with Gasteiger partial charge in [0, 0.05) is 10.5 Å². The molecule has 2 unspecified atom stereocenters. The number of halogens is 1. The topological polar surface area (TPSA) is 75.6 Å². The van der Waals surface area contributed by atoms with E-state index in [1.807, 2.05) is 13.8 Å². The minimum Gasteiger partial charge on any atom is -0.490 e. The van der Waals surface area contributed by atoms with Crippen LogP contribution in [0.3, 0.4) is 0 Å². The van der Waals surface area contributed by atoms with E-state index in [2.05, 4.69) is 21.2 Å². The van der Waals surface area contributed by atoms with E-state index in [0.717, 1.165) is 4.47 Å². The summed E-state index contributed by atoms with van der Waals surface area (Å²) in [4.78, 5) is 23.2. The summed E-state index contributed by atoms with van der Waals surface area (Å²) in [6, 6.07) is 4.63. The maximum Gasteiger partial charge on any atom is 0.308 e. The second kappa shape index (κ2) is 7.45. The average Bonchev–Trinajstić information content (AvgIpc) is 2.36. The lowest BCUT2D eigenvalue weighted by Crippen LogP contribution is -2.40. The van der Waals surface area contributed by atoms with Gasteiger partial charge in [-0.05, 0) is 45.9 Å². The van der Waals surface area contributed by atoms with Gasteiger partial charge in [0.2, 0.25) is 0 Å². The molecule has 1 amide bonds. The second-order valence-corrected chi connectivity index (χ2v) is 6.11. The summed E-state index contributed by atoms with van der Waals surface area (Å²) >= 11 is 3.34. The third-order valence-electron chi connectivity index (χ3n) is 3.05. The number of carbonyl (C=O) groups is 2. The van der Waals surface area contributed by atoms with Gasteiger partial charge in [-0.1, -0.05) is 15.9 Å². The van der Waals surface area contributed by atoms with E-state index in [0.29, 0.717) is 11.3 Å². The van der Waals surface area contributed by atoms with Crippen molar-refractivity contribution in [3.63, 3.8) is 0 Å². The molecule has 6 heteroatoms. The Morgan fingerprint density at radius 1 is 1.24 bits per heavy atom. The first kappa shape index (κ1) is 17.5. The van der Waals surface area contributed by atoms with Crippen LogP contribution >= 0.6 is 15.9 Å². The molecule has 2 atom stereocenters. The zero-order chi connectivity index (χ0) is 16.2. The lowest BCUT2D eigenvalue weighted by atomic mass is 10.0. The number of nitrogens with one attached hydrogen (secondary N) is 1. The number of carboxylic acid groups (broad SMARTS) is 1. The molecule has 0 saturated heterocycles. The first-order valence-corrected chi connectivity index (χ1v) is 7.51. The number of carbonyl (C=O) groups excluding carboxylic acids is 1. The molecule has 1 aromatic rings. The van der Waals surface area contributed by atoms with Gasteiger partial charge >= 0.3 is 5.97 Å². The highest BCUT2D eigenvalue weighted by atomic mass is 79.9. The molecule has 1 rings (SSSR count). The molecule has 5 nitrogen and oxygen atoms in total. The maximum absolute atomic E-state index is 12.3. The fourth-order valence-corrected chi connectivity index (χ4v) is 2.00. The van der Waals surface area contributed by atoms with Crippen LogP contribution in [0.25, 0.3) is 0 Å². The van der Waals surface area contributed by atoms with Crippen LogP contribution in [0, 0.1) is 5.92 Å². The Balaban J connectivity index is 2.94. The highest BCUT2D eigenvalue weighted by molar-refractivity contribution is 9.10. The highest BCUT2D eigenvalue weighted by Gasteiger charge is 2.23. The Labute approximate surface area is 132 Å². The van der Waals surface area contributed by atoms with Gasteiger partial charge in [0.1, 0.15) is 5.75 Å². The van der Waals surface area contributed by atoms with Gasteiger partial charge in [-0.3, -0.25) is 9.59 Å². The van der Waals surface area contributed by atoms with E-state index in [9.17, 15) is 9.59 Å². The molecular formula is C15H20BrNO4. The molecule has 0 heterocycles. The van der Waals surface area contributed by atoms with E-state index in [1.165, 1.54) is 0 Å². The molecule has 1 aromatic carbocycles. The summed E-state index contributed by atoms with van der Waals surface area (Å²) < 4.78 is 6.44. The van der Waals surface area contributed by atoms with Crippen molar-refractivity contribution in [3.05, 3.63) is 28.2 Å². The lowest BCUT2D eigenvalue weighted by molar-refractivity contribution is -0.141. The first-order valence-electron chi connectivity index (χ1n) is 6.72. The summed E-state index contributed by atoms with van der Waals surface area (Å²) in [6.45, 7) is 6.97. The fraction of sp³-hybridized carbons (Fsp3) is 0.467. The molecule has 116 valence electrons. The van der Waals surface area contributed by atoms with Gasteiger partial charge in [0.05, 0.1) is 17.6 Å². The molecule has 0 bridgehead atoms. The number of ether oxygens (including phenoxy) is 1. The van der Waals surface area contributed by atoms with Gasteiger partial charge in [-0.15, -0.1) is 0 Å². The monoisotopic (exact) mass is 357 g/mol. The molecule has 0 fully saturated rings. The smallest absolute Gasteiger partial charge is 0.308 e. The quantitative estimate of drug-likeness (QED) is 0.820. The summed E-state index contributed by atoms with van der Waals surface area (Å²) in [5.41, 5.74) is 0.385. The van der Waals surface area contributed by atoms with Crippen molar-refractivity contribution in [1.82, 2.24) is 5.32 Å². The Morgan fingerprint density at radius 3 is 2.38 bits per heavy atom. The molecule has 2 N–H and O–H groups in total. The van der Waals surface area contributed by atoms with Crippen LogP contribution in [0.15, 0.2) is 22.7 Å². The van der Waals surface area contributed by atoms with E-state index < -0.39 is 17.9 Å². The van der Waals surface area contributed by atoms with Crippen LogP contribution in [0.5, 0.6) is 5.75 Å². The predicted molar refractivity (Wildman–Crippen MR) is 83.6 cm³/mol. The van der Waals surface area contributed by atoms with E-state index in [1.54, 1.807) is 32.0 Å². The van der Waals surface area contributed by atoms with Crippen molar-refractivity contribution < 1.29 is 19.4 Å². The number of hydrogen-bond donors (Lipinski definition) is 2. The van der Waals surface area contributed by atoms with Gasteiger partial charge in [-0.2, -0.15) is 0 Å². The minimum absolute atomic E-state index is 0.0683. The summed E-state index contributed by atoms with van der Waals surface area (Å²) in [7, 11) is 0. The Hall–Kier alpha value is -1.56. The van der Waals surface area contributed by atoms with Crippen molar-refractivity contribution in [2.24, 2.45) is 5.92 Å². The summed E-state index contributed by atoms with van der Waals surface area (Å²) in [6.07, 6.45) is -0.0683. The molecule has 0 aliphatic rings. The number of benzene rings is 1. The molecule has 0 saturated carbocycles. The van der Waals surface area contributed by atoms with Crippen LogP contribution in [0.1, 0.15) is 38.1 Å². The van der Waals surface area contributed by atoms with Crippen LogP contribution in [0.2, 0.25) is 0 Å². The third-order valence-corrected chi connectivity index (χ3v) is 3.54. The fourth-order valence-electron chi connectivity index (χ4n) is 1.66. The van der Waals surface area contributed by atoms with Crippen molar-refractivity contribution in [3.8, 4) is 5.75 Å². The molecule has 0 aliphatic heterocycles. The molecule has 0 aromatic heterocycles. The standard InChI is InChI=1S/C15H20BrNO4/c1-8(2)21-13-7-11(16)5-6-12(13)14(18)17-10(4)9(3)15(19)20/h5-10H,1-4H3,(H,17,18)(H,19,20). The number of carboxylic acids is 1. The molecular weight excluding hydrogens is 338 g/mol. The van der Waals surface area contributed by atoms with Gasteiger partial charge in [0.15, 0.2) is 0 Å². The van der Waals surface area contributed by atoms with Gasteiger partial charge in [-0.25, -0.2) is 0 Å². The Kier molecular flexibility index (Phi) is 6.20. The van der Waals surface area contributed by atoms with Crippen LogP contribution in [-0.4, -0.2) is 29.1 Å². The summed E-state index contributed by atoms with van der Waals surface area (Å²) in [5, 5.41) is 11.7.